The molecule has 3 aromatic rings. The second-order valence-corrected chi connectivity index (χ2v) is 10.6. The molecule has 2 amide bonds. The standard InChI is InChI=1S/C31H40N4O4/c1-4-5-8-15-31(27-9-6-7-10-28(27)39-3)19-35(20-31)30(37)26(16-22-11-13-24(38-2)14-12-22)25(29(32)36)17-23-18-33-21-34-23/h6-7,9-14,18,21,25-26H,4-5,8,15-17,19-20H2,1-3H3,(H2,32,36)(H,33,34)/t25?,26-/m1/s1. The molecular weight excluding hydrogens is 492 g/mol. The van der Waals surface area contributed by atoms with Gasteiger partial charge in [-0.25, -0.2) is 4.98 Å². The molecule has 0 aliphatic carbocycles. The quantitative estimate of drug-likeness (QED) is 0.301. The summed E-state index contributed by atoms with van der Waals surface area (Å²) in [6.07, 6.45) is 8.29. The van der Waals surface area contributed by atoms with E-state index in [-0.39, 0.29) is 11.3 Å². The number of imidazole rings is 1. The molecule has 1 fully saturated rings. The number of nitrogens with zero attached hydrogens (tertiary/aromatic N) is 2. The zero-order valence-electron chi connectivity index (χ0n) is 23.2. The Morgan fingerprint density at radius 3 is 2.38 bits per heavy atom. The van der Waals surface area contributed by atoms with Crippen LogP contribution in [0.25, 0.3) is 0 Å². The summed E-state index contributed by atoms with van der Waals surface area (Å²) in [5.41, 5.74) is 8.63. The second kappa shape index (κ2) is 12.8. The van der Waals surface area contributed by atoms with E-state index < -0.39 is 17.7 Å². The average Bonchev–Trinajstić information content (AvgIpc) is 3.45. The second-order valence-electron chi connectivity index (χ2n) is 10.6. The SMILES string of the molecule is CCCCCC1(c2ccccc2OC)CN(C(=O)[C@H](Cc2ccc(OC)cc2)C(Cc2cnc[nH]2)C(N)=O)C1. The maximum Gasteiger partial charge on any atom is 0.226 e. The molecule has 1 saturated heterocycles. The smallest absolute Gasteiger partial charge is 0.226 e. The Morgan fingerprint density at radius 2 is 1.77 bits per heavy atom. The number of aromatic amines is 1. The highest BCUT2D eigenvalue weighted by Gasteiger charge is 2.49. The zero-order chi connectivity index (χ0) is 27.8. The van der Waals surface area contributed by atoms with Gasteiger partial charge in [0.15, 0.2) is 0 Å². The Bertz CT molecular complexity index is 1220. The van der Waals surface area contributed by atoms with Crippen molar-refractivity contribution < 1.29 is 19.1 Å². The third-order valence-electron chi connectivity index (χ3n) is 8.01. The minimum atomic E-state index is -0.679. The van der Waals surface area contributed by atoms with Gasteiger partial charge in [-0.1, -0.05) is 56.5 Å². The summed E-state index contributed by atoms with van der Waals surface area (Å²) in [5.74, 6) is -0.231. The Hall–Kier alpha value is -3.81. The van der Waals surface area contributed by atoms with Gasteiger partial charge in [0.05, 0.1) is 32.4 Å². The fraction of sp³-hybridized carbons (Fsp3) is 0.452. The number of nitrogens with two attached hydrogens (primary N) is 1. The van der Waals surface area contributed by atoms with Crippen LogP contribution in [0, 0.1) is 11.8 Å². The maximum absolute atomic E-state index is 14.2. The number of hydrogen-bond donors (Lipinski definition) is 2. The van der Waals surface area contributed by atoms with E-state index in [1.807, 2.05) is 47.4 Å². The molecule has 4 rings (SSSR count). The summed E-state index contributed by atoms with van der Waals surface area (Å²) in [5, 5.41) is 0. The first-order valence-electron chi connectivity index (χ1n) is 13.7. The predicted octanol–water partition coefficient (Wildman–Crippen LogP) is 4.29. The van der Waals surface area contributed by atoms with Gasteiger partial charge in [0, 0.05) is 42.4 Å². The molecular formula is C31H40N4O4. The van der Waals surface area contributed by atoms with Gasteiger partial charge in [0.2, 0.25) is 11.8 Å². The number of primary amides is 1. The maximum atomic E-state index is 14.2. The van der Waals surface area contributed by atoms with Crippen LogP contribution in [0.15, 0.2) is 61.1 Å². The van der Waals surface area contributed by atoms with E-state index >= 15 is 0 Å². The van der Waals surface area contributed by atoms with E-state index in [0.717, 1.165) is 54.0 Å². The lowest BCUT2D eigenvalue weighted by Gasteiger charge is -2.52. The van der Waals surface area contributed by atoms with Crippen molar-refractivity contribution in [3.05, 3.63) is 77.9 Å². The lowest BCUT2D eigenvalue weighted by molar-refractivity contribution is -0.148. The molecule has 1 aliphatic rings. The lowest BCUT2D eigenvalue weighted by atomic mass is 9.69. The van der Waals surface area contributed by atoms with Crippen molar-refractivity contribution in [3.63, 3.8) is 0 Å². The van der Waals surface area contributed by atoms with Crippen LogP contribution in [0.4, 0.5) is 0 Å². The number of aromatic nitrogens is 2. The summed E-state index contributed by atoms with van der Waals surface area (Å²) in [7, 11) is 3.31. The van der Waals surface area contributed by atoms with Crippen molar-refractivity contribution in [1.29, 1.82) is 0 Å². The zero-order valence-corrected chi connectivity index (χ0v) is 23.2. The number of carbonyl (C=O) groups excluding carboxylic acids is 2. The van der Waals surface area contributed by atoms with Crippen molar-refractivity contribution in [2.75, 3.05) is 27.3 Å². The highest BCUT2D eigenvalue weighted by atomic mass is 16.5. The number of hydrogen-bond acceptors (Lipinski definition) is 5. The molecule has 2 aromatic carbocycles. The number of H-pyrrole nitrogens is 1. The molecule has 0 saturated carbocycles. The molecule has 208 valence electrons. The van der Waals surface area contributed by atoms with Gasteiger partial charge in [-0.05, 0) is 36.6 Å². The summed E-state index contributed by atoms with van der Waals surface area (Å²) in [6, 6.07) is 15.7. The summed E-state index contributed by atoms with van der Waals surface area (Å²) < 4.78 is 11.0. The van der Waals surface area contributed by atoms with Gasteiger partial charge in [-0.3, -0.25) is 9.59 Å². The number of nitrogens with one attached hydrogen (secondary N) is 1. The van der Waals surface area contributed by atoms with Crippen LogP contribution >= 0.6 is 0 Å². The van der Waals surface area contributed by atoms with Crippen LogP contribution in [0.2, 0.25) is 0 Å². The van der Waals surface area contributed by atoms with Crippen LogP contribution in [0.5, 0.6) is 11.5 Å². The van der Waals surface area contributed by atoms with Gasteiger partial charge in [-0.15, -0.1) is 0 Å². The van der Waals surface area contributed by atoms with Crippen LogP contribution in [-0.2, 0) is 27.8 Å². The fourth-order valence-electron chi connectivity index (χ4n) is 5.83. The first kappa shape index (κ1) is 28.2. The highest BCUT2D eigenvalue weighted by molar-refractivity contribution is 5.88. The number of likely N-dealkylation sites (tertiary alicyclic amines) is 1. The van der Waals surface area contributed by atoms with Crippen molar-refractivity contribution in [2.24, 2.45) is 17.6 Å². The largest absolute Gasteiger partial charge is 0.497 e. The first-order chi connectivity index (χ1) is 18.9. The van der Waals surface area contributed by atoms with E-state index in [1.54, 1.807) is 26.7 Å². The lowest BCUT2D eigenvalue weighted by Crippen LogP contribution is -2.63. The number of carbonyl (C=O) groups is 2. The van der Waals surface area contributed by atoms with E-state index in [2.05, 4.69) is 23.0 Å². The topological polar surface area (TPSA) is 111 Å². The number of ether oxygens (including phenoxy) is 2. The van der Waals surface area contributed by atoms with Crippen LogP contribution in [0.1, 0.15) is 49.4 Å². The predicted molar refractivity (Wildman–Crippen MR) is 151 cm³/mol. The third kappa shape index (κ3) is 6.44. The Labute approximate surface area is 230 Å². The molecule has 3 N–H and O–H groups in total. The Balaban J connectivity index is 1.61. The molecule has 1 aliphatic heterocycles. The van der Waals surface area contributed by atoms with E-state index in [0.29, 0.717) is 25.9 Å². The molecule has 8 nitrogen and oxygen atoms in total. The molecule has 0 bridgehead atoms. The van der Waals surface area contributed by atoms with Gasteiger partial charge < -0.3 is 25.1 Å². The number of methoxy groups -OCH3 is 2. The summed E-state index contributed by atoms with van der Waals surface area (Å²) in [6.45, 7) is 3.37. The van der Waals surface area contributed by atoms with E-state index in [4.69, 9.17) is 15.2 Å². The van der Waals surface area contributed by atoms with E-state index in [9.17, 15) is 9.59 Å². The van der Waals surface area contributed by atoms with Gasteiger partial charge >= 0.3 is 0 Å². The third-order valence-corrected chi connectivity index (χ3v) is 8.01. The number of unbranched alkanes of at least 4 members (excludes halogenated alkanes) is 2. The molecule has 0 spiro atoms. The van der Waals surface area contributed by atoms with Crippen molar-refractivity contribution in [1.82, 2.24) is 14.9 Å². The normalized spacial score (nSPS) is 15.7. The van der Waals surface area contributed by atoms with Gasteiger partial charge in [0.25, 0.3) is 0 Å². The minimum absolute atomic E-state index is 0.0462. The molecule has 8 heteroatoms. The Kier molecular flexibility index (Phi) is 9.28. The molecule has 0 radical (unpaired) electrons. The fourth-order valence-corrected chi connectivity index (χ4v) is 5.83. The molecule has 1 aromatic heterocycles. The van der Waals surface area contributed by atoms with Crippen LogP contribution in [-0.4, -0.2) is 54.0 Å². The summed E-state index contributed by atoms with van der Waals surface area (Å²) in [4.78, 5) is 36.0. The number of amides is 2. The minimum Gasteiger partial charge on any atom is -0.497 e. The average molecular weight is 533 g/mol. The van der Waals surface area contributed by atoms with E-state index in [1.165, 1.54) is 0 Å². The van der Waals surface area contributed by atoms with Crippen molar-refractivity contribution in [3.8, 4) is 11.5 Å². The molecule has 39 heavy (non-hydrogen) atoms. The van der Waals surface area contributed by atoms with Gasteiger partial charge in [-0.2, -0.15) is 0 Å². The number of benzene rings is 2. The highest BCUT2D eigenvalue weighted by Crippen LogP contribution is 2.44. The monoisotopic (exact) mass is 532 g/mol. The molecule has 2 atom stereocenters. The molecule has 1 unspecified atom stereocenters. The first-order valence-corrected chi connectivity index (χ1v) is 13.7. The van der Waals surface area contributed by atoms with Crippen molar-refractivity contribution in [2.45, 2.75) is 50.9 Å². The summed E-state index contributed by atoms with van der Waals surface area (Å²) >= 11 is 0. The Morgan fingerprint density at radius 1 is 1.03 bits per heavy atom. The van der Waals surface area contributed by atoms with Crippen molar-refractivity contribution >= 4 is 11.8 Å². The molecule has 2 heterocycles. The van der Waals surface area contributed by atoms with Gasteiger partial charge in [0.1, 0.15) is 11.5 Å². The van der Waals surface area contributed by atoms with Crippen LogP contribution < -0.4 is 15.2 Å². The number of rotatable bonds is 14. The number of para-hydroxylation sites is 1. The van der Waals surface area contributed by atoms with Crippen LogP contribution in [0.3, 0.4) is 0 Å².